The lowest BCUT2D eigenvalue weighted by Crippen LogP contribution is -2.59. The van der Waals surface area contributed by atoms with Crippen LogP contribution >= 0.6 is 0 Å². The Morgan fingerprint density at radius 3 is 2.12 bits per heavy atom. The molecule has 0 spiro atoms. The van der Waals surface area contributed by atoms with Gasteiger partial charge in [0, 0.05) is 38.5 Å². The van der Waals surface area contributed by atoms with E-state index < -0.39 is 35.1 Å². The number of aliphatic hydroxyl groups is 1. The molecule has 3 aliphatic carbocycles. The quantitative estimate of drug-likeness (QED) is 0.386. The predicted octanol–water partition coefficient (Wildman–Crippen LogP) is 3.88. The van der Waals surface area contributed by atoms with Crippen LogP contribution < -0.4 is 0 Å². The summed E-state index contributed by atoms with van der Waals surface area (Å²) in [6, 6.07) is 0. The summed E-state index contributed by atoms with van der Waals surface area (Å²) >= 11 is 0. The number of hydrogen-bond acceptors (Lipinski definition) is 7. The first-order valence-corrected chi connectivity index (χ1v) is 11.8. The van der Waals surface area contributed by atoms with E-state index in [0.29, 0.717) is 25.7 Å². The topological polar surface area (TPSA) is 99.1 Å². The molecular weight excluding hydrogens is 424 g/mol. The first-order valence-electron chi connectivity index (χ1n) is 11.8. The third kappa shape index (κ3) is 4.48. The van der Waals surface area contributed by atoms with Crippen molar-refractivity contribution in [2.24, 2.45) is 22.7 Å². The van der Waals surface area contributed by atoms with Gasteiger partial charge in [-0.2, -0.15) is 0 Å². The first kappa shape index (κ1) is 25.5. The average molecular weight is 463 g/mol. The molecule has 0 aromatic heterocycles. The molecule has 0 heterocycles. The van der Waals surface area contributed by atoms with E-state index >= 15 is 0 Å². The molecule has 0 aromatic carbocycles. The Bertz CT molecular complexity index is 885. The van der Waals surface area contributed by atoms with Crippen molar-refractivity contribution < 1.29 is 33.7 Å². The molecule has 1 N–H and O–H groups in total. The van der Waals surface area contributed by atoms with Crippen molar-refractivity contribution in [3.8, 4) is 0 Å². The molecule has 33 heavy (non-hydrogen) atoms. The number of aliphatic hydroxyl groups excluding tert-OH is 1. The largest absolute Gasteiger partial charge is 0.462 e. The molecule has 184 valence electrons. The maximum atomic E-state index is 12.1. The minimum Gasteiger partial charge on any atom is -0.462 e. The predicted molar refractivity (Wildman–Crippen MR) is 122 cm³/mol. The molecule has 0 amide bonds. The zero-order chi connectivity index (χ0) is 24.9. The zero-order valence-electron chi connectivity index (χ0n) is 20.9. The van der Waals surface area contributed by atoms with Gasteiger partial charge in [-0.15, -0.1) is 0 Å². The molecule has 0 aliphatic heterocycles. The van der Waals surface area contributed by atoms with Crippen molar-refractivity contribution in [1.29, 1.82) is 0 Å². The molecule has 7 heteroatoms. The van der Waals surface area contributed by atoms with E-state index in [-0.39, 0.29) is 29.9 Å². The van der Waals surface area contributed by atoms with Gasteiger partial charge in [0.2, 0.25) is 0 Å². The normalized spacial score (nSPS) is 37.9. The van der Waals surface area contributed by atoms with E-state index in [4.69, 9.17) is 14.2 Å². The lowest BCUT2D eigenvalue weighted by molar-refractivity contribution is -0.173. The van der Waals surface area contributed by atoms with Crippen LogP contribution in [-0.4, -0.2) is 47.4 Å². The Morgan fingerprint density at radius 2 is 1.58 bits per heavy atom. The Kier molecular flexibility index (Phi) is 6.87. The summed E-state index contributed by atoms with van der Waals surface area (Å²) in [5.41, 5.74) is 1.46. The maximum Gasteiger partial charge on any atom is 0.303 e. The highest BCUT2D eigenvalue weighted by atomic mass is 16.6. The summed E-state index contributed by atoms with van der Waals surface area (Å²) in [5, 5.41) is 11.8. The highest BCUT2D eigenvalue weighted by molar-refractivity contribution is 5.67. The molecule has 2 fully saturated rings. The second-order valence-corrected chi connectivity index (χ2v) is 10.9. The van der Waals surface area contributed by atoms with Crippen molar-refractivity contribution in [3.05, 3.63) is 23.3 Å². The monoisotopic (exact) mass is 462 g/mol. The molecule has 7 atom stereocenters. The molecule has 2 bridgehead atoms. The molecule has 7 nitrogen and oxygen atoms in total. The first-order chi connectivity index (χ1) is 15.2. The van der Waals surface area contributed by atoms with Crippen LogP contribution in [0.4, 0.5) is 0 Å². The number of fused-ring (bicyclic) bond motifs is 3. The third-order valence-corrected chi connectivity index (χ3v) is 8.29. The Morgan fingerprint density at radius 1 is 1.00 bits per heavy atom. The van der Waals surface area contributed by atoms with Gasteiger partial charge in [-0.3, -0.25) is 14.4 Å². The van der Waals surface area contributed by atoms with Gasteiger partial charge < -0.3 is 19.3 Å². The minimum atomic E-state index is -0.961. The summed E-state index contributed by atoms with van der Waals surface area (Å²) < 4.78 is 17.2. The van der Waals surface area contributed by atoms with Crippen LogP contribution in [0.15, 0.2) is 23.3 Å². The Hall–Kier alpha value is -2.15. The number of rotatable bonds is 3. The molecule has 0 aromatic rings. The fourth-order valence-electron chi connectivity index (χ4n) is 6.78. The summed E-state index contributed by atoms with van der Waals surface area (Å²) in [4.78, 5) is 35.8. The minimum absolute atomic E-state index is 0.0946. The lowest BCUT2D eigenvalue weighted by Gasteiger charge is -2.58. The Balaban J connectivity index is 2.18. The zero-order valence-corrected chi connectivity index (χ0v) is 20.9. The fourth-order valence-corrected chi connectivity index (χ4v) is 6.78. The van der Waals surface area contributed by atoms with E-state index in [1.165, 1.54) is 20.8 Å². The van der Waals surface area contributed by atoms with Crippen LogP contribution in [0, 0.1) is 22.7 Å². The van der Waals surface area contributed by atoms with Gasteiger partial charge in [-0.05, 0) is 48.7 Å². The maximum absolute atomic E-state index is 12.1. The van der Waals surface area contributed by atoms with Crippen LogP contribution in [0.1, 0.15) is 74.1 Å². The smallest absolute Gasteiger partial charge is 0.303 e. The van der Waals surface area contributed by atoms with Crippen molar-refractivity contribution in [2.45, 2.75) is 98.6 Å². The van der Waals surface area contributed by atoms with Crippen molar-refractivity contribution in [3.63, 3.8) is 0 Å². The second kappa shape index (κ2) is 8.90. The highest BCUT2D eigenvalue weighted by Gasteiger charge is 2.59. The van der Waals surface area contributed by atoms with Gasteiger partial charge in [0.25, 0.3) is 0 Å². The molecule has 0 radical (unpaired) electrons. The molecule has 0 unspecified atom stereocenters. The van der Waals surface area contributed by atoms with Crippen molar-refractivity contribution >= 4 is 17.9 Å². The second-order valence-electron chi connectivity index (χ2n) is 10.9. The standard InChI is InChI=1S/C26H38O7/c1-13-11-21(32-16(4)28)19-12-18-14(2)20(31-15(3)27)9-10-26(18,8)24(30)23(33-17(5)29)22(13)25(19,6)7/h18-21,23-24,30H,2,9-12H2,1,3-8H3/t18-,19-,20+,21+,23-,24+,26-/m1/s1. The van der Waals surface area contributed by atoms with Gasteiger partial charge >= 0.3 is 17.9 Å². The van der Waals surface area contributed by atoms with Gasteiger partial charge in [-0.1, -0.05) is 32.9 Å². The molecule has 0 saturated heterocycles. The average Bonchev–Trinajstić information content (AvgIpc) is 2.66. The van der Waals surface area contributed by atoms with E-state index in [2.05, 4.69) is 20.4 Å². The summed E-state index contributed by atoms with van der Waals surface area (Å²) in [5.74, 6) is -1.48. The Labute approximate surface area is 196 Å². The number of carbonyl (C=O) groups excluding carboxylic acids is 3. The van der Waals surface area contributed by atoms with E-state index in [1.54, 1.807) is 0 Å². The van der Waals surface area contributed by atoms with Gasteiger partial charge in [-0.25, -0.2) is 0 Å². The molecule has 3 rings (SSSR count). The van der Waals surface area contributed by atoms with E-state index in [0.717, 1.165) is 16.7 Å². The van der Waals surface area contributed by atoms with Gasteiger partial charge in [0.1, 0.15) is 24.4 Å². The van der Waals surface area contributed by atoms with Crippen LogP contribution in [0.25, 0.3) is 0 Å². The molecular formula is C26H38O7. The van der Waals surface area contributed by atoms with E-state index in [9.17, 15) is 19.5 Å². The van der Waals surface area contributed by atoms with Gasteiger partial charge in [0.05, 0.1) is 0 Å². The van der Waals surface area contributed by atoms with Crippen LogP contribution in [0.5, 0.6) is 0 Å². The van der Waals surface area contributed by atoms with Gasteiger partial charge in [0.15, 0.2) is 0 Å². The summed E-state index contributed by atoms with van der Waals surface area (Å²) in [7, 11) is 0. The highest BCUT2D eigenvalue weighted by Crippen LogP contribution is 2.59. The van der Waals surface area contributed by atoms with Crippen LogP contribution in [0.2, 0.25) is 0 Å². The molecule has 3 aliphatic rings. The van der Waals surface area contributed by atoms with Crippen molar-refractivity contribution in [2.75, 3.05) is 0 Å². The summed E-state index contributed by atoms with van der Waals surface area (Å²) in [6.45, 7) is 16.5. The van der Waals surface area contributed by atoms with Crippen molar-refractivity contribution in [1.82, 2.24) is 0 Å². The number of hydrogen-bond donors (Lipinski definition) is 1. The SMILES string of the molecule is C=C1[C@@H](OC(C)=O)CC[C@]2(C)[C@@H]1C[C@@H]1[C@@H](OC(C)=O)CC(C)=C([C@@H](OC(C)=O)[C@@H]2O)C1(C)C. The lowest BCUT2D eigenvalue weighted by atomic mass is 9.50. The number of carbonyl (C=O) groups is 3. The summed E-state index contributed by atoms with van der Waals surface area (Å²) in [6.07, 6.45) is -0.327. The fraction of sp³-hybridized carbons (Fsp3) is 0.731. The van der Waals surface area contributed by atoms with Crippen LogP contribution in [0.3, 0.4) is 0 Å². The van der Waals surface area contributed by atoms with Crippen LogP contribution in [-0.2, 0) is 28.6 Å². The number of esters is 3. The van der Waals surface area contributed by atoms with E-state index in [1.807, 2.05) is 13.8 Å². The molecule has 2 saturated carbocycles. The third-order valence-electron chi connectivity index (χ3n) is 8.29. The number of ether oxygens (including phenoxy) is 3.